The molecule has 0 amide bonds. The Morgan fingerprint density at radius 1 is 1.38 bits per heavy atom. The first-order valence-electron chi connectivity index (χ1n) is 4.12. The summed E-state index contributed by atoms with van der Waals surface area (Å²) in [6.07, 6.45) is -1.78. The van der Waals surface area contributed by atoms with E-state index in [1.54, 1.807) is 0 Å². The van der Waals surface area contributed by atoms with Crippen molar-refractivity contribution in [2.24, 2.45) is 16.6 Å². The zero-order valence-corrected chi connectivity index (χ0v) is 7.68. The van der Waals surface area contributed by atoms with E-state index in [9.17, 15) is 10.2 Å². The number of rotatable bonds is 1. The number of fused-ring (bicyclic) bond motifs is 1. The van der Waals surface area contributed by atoms with Crippen molar-refractivity contribution in [2.45, 2.75) is 23.5 Å². The van der Waals surface area contributed by atoms with E-state index >= 15 is 0 Å². The van der Waals surface area contributed by atoms with Gasteiger partial charge >= 0.3 is 0 Å². The van der Waals surface area contributed by atoms with E-state index in [0.717, 1.165) is 0 Å². The molecule has 0 aromatic heterocycles. The quantitative estimate of drug-likeness (QED) is 0.401. The highest BCUT2D eigenvalue weighted by atomic mass is 32.2. The summed E-state index contributed by atoms with van der Waals surface area (Å²) in [6, 6.07) is -0.350. The average Bonchev–Trinajstić information content (AvgIpc) is 2.54. The van der Waals surface area contributed by atoms with E-state index in [2.05, 4.69) is 4.99 Å². The average molecular weight is 204 g/mol. The Balaban J connectivity index is 2.21. The summed E-state index contributed by atoms with van der Waals surface area (Å²) in [5.74, 6) is -0.324. The summed E-state index contributed by atoms with van der Waals surface area (Å²) in [5, 5.41) is 28.4. The molecule has 1 fully saturated rings. The fourth-order valence-electron chi connectivity index (χ4n) is 1.93. The van der Waals surface area contributed by atoms with Crippen LogP contribution in [-0.4, -0.2) is 50.6 Å². The highest BCUT2D eigenvalue weighted by Crippen LogP contribution is 2.41. The number of hydrogen-bond donors (Lipinski definition) is 4. The van der Waals surface area contributed by atoms with Crippen LogP contribution in [0.5, 0.6) is 0 Å². The number of hydrogen-bond acceptors (Lipinski definition) is 6. The second-order valence-electron chi connectivity index (χ2n) is 3.37. The second kappa shape index (κ2) is 3.13. The molecule has 0 unspecified atom stereocenters. The molecule has 1 heterocycles. The maximum absolute atomic E-state index is 9.55. The number of nitrogens with zero attached hydrogens (tertiary/aromatic N) is 1. The zero-order valence-electron chi connectivity index (χ0n) is 6.87. The first kappa shape index (κ1) is 9.26. The molecule has 6 heteroatoms. The molecule has 13 heavy (non-hydrogen) atoms. The molecule has 0 spiro atoms. The summed E-state index contributed by atoms with van der Waals surface area (Å²) < 4.78 is 0. The molecule has 1 saturated carbocycles. The van der Waals surface area contributed by atoms with Crippen molar-refractivity contribution < 1.29 is 15.3 Å². The van der Waals surface area contributed by atoms with Gasteiger partial charge in [0, 0.05) is 17.8 Å². The van der Waals surface area contributed by atoms with Crippen molar-refractivity contribution in [3.8, 4) is 0 Å². The predicted molar refractivity (Wildman–Crippen MR) is 49.4 cm³/mol. The van der Waals surface area contributed by atoms with Gasteiger partial charge in [0.15, 0.2) is 5.17 Å². The van der Waals surface area contributed by atoms with Gasteiger partial charge in [-0.2, -0.15) is 0 Å². The fraction of sp³-hybridized carbons (Fsp3) is 0.857. The number of thioether (sulfide) groups is 1. The van der Waals surface area contributed by atoms with Crippen molar-refractivity contribution >= 4 is 16.9 Å². The molecule has 2 rings (SSSR count). The van der Waals surface area contributed by atoms with Gasteiger partial charge in [0.05, 0.1) is 12.1 Å². The molecule has 0 saturated heterocycles. The van der Waals surface area contributed by atoms with Gasteiger partial charge in [-0.05, 0) is 0 Å². The molecule has 2 aliphatic rings. The lowest BCUT2D eigenvalue weighted by atomic mass is 10.1. The van der Waals surface area contributed by atoms with Crippen LogP contribution in [0.3, 0.4) is 0 Å². The normalized spacial score (nSPS) is 49.2. The molecule has 74 valence electrons. The van der Waals surface area contributed by atoms with Crippen LogP contribution in [0.2, 0.25) is 0 Å². The summed E-state index contributed by atoms with van der Waals surface area (Å²) in [7, 11) is 0. The Hall–Kier alpha value is -0.300. The van der Waals surface area contributed by atoms with Crippen LogP contribution >= 0.6 is 11.8 Å². The van der Waals surface area contributed by atoms with Gasteiger partial charge in [0.25, 0.3) is 0 Å². The van der Waals surface area contributed by atoms with Crippen LogP contribution in [0.4, 0.5) is 0 Å². The molecular formula is C7H12N2O3S. The molecule has 5 nitrogen and oxygen atoms in total. The van der Waals surface area contributed by atoms with Gasteiger partial charge in [-0.3, -0.25) is 4.99 Å². The molecule has 0 aromatic rings. The van der Waals surface area contributed by atoms with Crippen molar-refractivity contribution in [1.29, 1.82) is 0 Å². The van der Waals surface area contributed by atoms with E-state index < -0.39 is 12.2 Å². The highest BCUT2D eigenvalue weighted by molar-refractivity contribution is 8.14. The third-order valence-electron chi connectivity index (χ3n) is 2.64. The van der Waals surface area contributed by atoms with Gasteiger partial charge in [0.1, 0.15) is 6.10 Å². The van der Waals surface area contributed by atoms with Gasteiger partial charge in [-0.1, -0.05) is 11.8 Å². The lowest BCUT2D eigenvalue weighted by Crippen LogP contribution is -2.31. The molecule has 0 aromatic carbocycles. The minimum absolute atomic E-state index is 0.0741. The van der Waals surface area contributed by atoms with Gasteiger partial charge < -0.3 is 21.1 Å². The summed E-state index contributed by atoms with van der Waals surface area (Å²) in [6.45, 7) is -0.144. The monoisotopic (exact) mass is 204 g/mol. The predicted octanol–water partition coefficient (Wildman–Crippen LogP) is -1.87. The number of nitrogens with two attached hydrogens (primary N) is 1. The second-order valence-corrected chi connectivity index (χ2v) is 4.57. The first-order valence-corrected chi connectivity index (χ1v) is 5.00. The van der Waals surface area contributed by atoms with Crippen molar-refractivity contribution in [1.82, 2.24) is 0 Å². The Morgan fingerprint density at radius 3 is 2.69 bits per heavy atom. The van der Waals surface area contributed by atoms with Crippen LogP contribution in [0, 0.1) is 5.92 Å². The molecule has 0 bridgehead atoms. The summed E-state index contributed by atoms with van der Waals surface area (Å²) in [4.78, 5) is 4.02. The molecule has 0 radical (unpaired) electrons. The number of amidine groups is 1. The van der Waals surface area contributed by atoms with Gasteiger partial charge in [-0.25, -0.2) is 0 Å². The lowest BCUT2D eigenvalue weighted by molar-refractivity contribution is 0.00331. The standard InChI is InChI=1S/C7H12N2O3S/c8-7-9-3-5(12)4(11)2(1-10)6(3)13-7/h2-6,10-12H,1H2,(H2,8,9)/t2-,3-,4-,5-,6+/m1/s1. The van der Waals surface area contributed by atoms with Crippen LogP contribution in [0.25, 0.3) is 0 Å². The van der Waals surface area contributed by atoms with Crippen molar-refractivity contribution in [2.75, 3.05) is 6.61 Å². The maximum atomic E-state index is 9.55. The largest absolute Gasteiger partial charge is 0.396 e. The van der Waals surface area contributed by atoms with Gasteiger partial charge in [0.2, 0.25) is 0 Å². The molecular weight excluding hydrogens is 192 g/mol. The number of aliphatic imine (C=N–C) groups is 1. The van der Waals surface area contributed by atoms with Crippen LogP contribution in [-0.2, 0) is 0 Å². The zero-order chi connectivity index (χ0) is 9.59. The Morgan fingerprint density at radius 2 is 2.08 bits per heavy atom. The Labute approximate surface area is 79.7 Å². The fourth-order valence-corrected chi connectivity index (χ4v) is 3.18. The van der Waals surface area contributed by atoms with E-state index in [0.29, 0.717) is 5.17 Å². The minimum Gasteiger partial charge on any atom is -0.396 e. The Kier molecular flexibility index (Phi) is 2.23. The number of aliphatic hydroxyl groups is 3. The van der Waals surface area contributed by atoms with E-state index in [4.69, 9.17) is 10.8 Å². The SMILES string of the molecule is NC1=N[C@@H]2[C@@H](O)[C@H](O)[C@@H](CO)[C@@H]2S1. The van der Waals surface area contributed by atoms with Crippen molar-refractivity contribution in [3.63, 3.8) is 0 Å². The van der Waals surface area contributed by atoms with Crippen LogP contribution in [0.15, 0.2) is 4.99 Å². The first-order chi connectivity index (χ1) is 6.15. The minimum atomic E-state index is -0.893. The van der Waals surface area contributed by atoms with Crippen molar-refractivity contribution in [3.05, 3.63) is 0 Å². The van der Waals surface area contributed by atoms with E-state index in [1.807, 2.05) is 0 Å². The maximum Gasteiger partial charge on any atom is 0.154 e. The molecule has 5 atom stereocenters. The summed E-state index contributed by atoms with van der Waals surface area (Å²) in [5.41, 5.74) is 5.49. The summed E-state index contributed by atoms with van der Waals surface area (Å²) >= 11 is 1.32. The van der Waals surface area contributed by atoms with E-state index in [1.165, 1.54) is 11.8 Å². The molecule has 5 N–H and O–H groups in total. The third-order valence-corrected chi connectivity index (χ3v) is 3.89. The van der Waals surface area contributed by atoms with Crippen LogP contribution < -0.4 is 5.73 Å². The smallest absolute Gasteiger partial charge is 0.154 e. The molecule has 1 aliphatic heterocycles. The van der Waals surface area contributed by atoms with Crippen LogP contribution in [0.1, 0.15) is 0 Å². The topological polar surface area (TPSA) is 99.1 Å². The lowest BCUT2D eigenvalue weighted by Gasteiger charge is -2.16. The Bertz CT molecular complexity index is 248. The highest BCUT2D eigenvalue weighted by Gasteiger charge is 2.52. The van der Waals surface area contributed by atoms with E-state index in [-0.39, 0.29) is 23.8 Å². The third kappa shape index (κ3) is 1.25. The number of aliphatic hydroxyl groups excluding tert-OH is 3. The van der Waals surface area contributed by atoms with Gasteiger partial charge in [-0.15, -0.1) is 0 Å². The molecule has 1 aliphatic carbocycles.